The van der Waals surface area contributed by atoms with E-state index >= 15 is 0 Å². The number of rotatable bonds is 3. The van der Waals surface area contributed by atoms with Crippen molar-refractivity contribution in [2.45, 2.75) is 18.6 Å². The second-order valence-electron chi connectivity index (χ2n) is 5.97. The number of hydrogen-bond donors (Lipinski definition) is 2. The molecular weight excluding hydrogens is 384 g/mol. The second kappa shape index (κ2) is 8.81. The Hall–Kier alpha value is -2.29. The van der Waals surface area contributed by atoms with Gasteiger partial charge < -0.3 is 15.7 Å². The van der Waals surface area contributed by atoms with Gasteiger partial charge in [0.05, 0.1) is 17.2 Å². The fourth-order valence-electron chi connectivity index (χ4n) is 2.75. The van der Waals surface area contributed by atoms with Gasteiger partial charge >= 0.3 is 35.7 Å². The molecule has 2 N–H and O–H groups in total. The largest absolute Gasteiger partial charge is 1.00 e. The molecule has 28 heavy (non-hydrogen) atoms. The molecule has 1 atom stereocenters. The molecule has 1 aliphatic rings. The summed E-state index contributed by atoms with van der Waals surface area (Å²) in [5.41, 5.74) is -0.653. The van der Waals surface area contributed by atoms with Gasteiger partial charge in [-0.2, -0.15) is 13.2 Å². The number of hydrogen-bond acceptors (Lipinski definition) is 3. The maximum absolute atomic E-state index is 12.6. The number of carbonyl (C=O) groups is 2. The molecule has 140 valence electrons. The molecule has 1 heterocycles. The molecule has 0 saturated carbocycles. The summed E-state index contributed by atoms with van der Waals surface area (Å²) >= 11 is 0. The number of amides is 2. The van der Waals surface area contributed by atoms with Gasteiger partial charge in [-0.05, 0) is 36.2 Å². The van der Waals surface area contributed by atoms with E-state index in [-0.39, 0.29) is 41.7 Å². The number of carbonyl (C=O) groups excluding carboxylic acids is 2. The van der Waals surface area contributed by atoms with Crippen LogP contribution >= 0.6 is 0 Å². The van der Waals surface area contributed by atoms with Gasteiger partial charge in [0.2, 0.25) is 0 Å². The minimum absolute atomic E-state index is 0. The Balaban J connectivity index is 0.00000280. The number of anilines is 1. The smallest absolute Gasteiger partial charge is 0.875 e. The molecule has 0 spiro atoms. The first kappa shape index (κ1) is 22.0. The first-order chi connectivity index (χ1) is 12.8. The van der Waals surface area contributed by atoms with Crippen molar-refractivity contribution in [1.82, 2.24) is 5.32 Å². The van der Waals surface area contributed by atoms with Gasteiger partial charge in [0, 0.05) is 5.69 Å². The van der Waals surface area contributed by atoms with E-state index in [2.05, 4.69) is 10.6 Å². The van der Waals surface area contributed by atoms with Crippen molar-refractivity contribution >= 4 is 17.5 Å². The number of alkyl halides is 3. The number of halogens is 3. The molecule has 2 aromatic carbocycles. The average Bonchev–Trinajstić information content (AvgIpc) is 2.61. The molecule has 1 unspecified atom stereocenters. The number of nitrogens with one attached hydrogen (secondary N) is 2. The van der Waals surface area contributed by atoms with E-state index in [9.17, 15) is 27.9 Å². The zero-order valence-corrected chi connectivity index (χ0v) is 16.8. The van der Waals surface area contributed by atoms with Crippen molar-refractivity contribution in [1.29, 1.82) is 0 Å². The van der Waals surface area contributed by atoms with Crippen molar-refractivity contribution in [3.8, 4) is 0 Å². The van der Waals surface area contributed by atoms with Gasteiger partial charge in [0.1, 0.15) is 0 Å². The standard InChI is InChI=1S/C19H15F3N2O3.Na/c20-19(21,22)12-6-8-13(9-7-12)23-17(26)16-15(25)10-14(24-18(16)27)11-4-2-1-3-5-11;/h1-9,14,25H,10H2,(H,23,26)(H,24,27);/q;+1/p-1. The summed E-state index contributed by atoms with van der Waals surface area (Å²) < 4.78 is 37.7. The van der Waals surface area contributed by atoms with E-state index in [4.69, 9.17) is 0 Å². The summed E-state index contributed by atoms with van der Waals surface area (Å²) in [6.07, 6.45) is -4.57. The summed E-state index contributed by atoms with van der Waals surface area (Å²) in [6, 6.07) is 12.0. The molecule has 9 heteroatoms. The maximum atomic E-state index is 12.6. The maximum Gasteiger partial charge on any atom is 1.00 e. The summed E-state index contributed by atoms with van der Waals surface area (Å²) in [4.78, 5) is 24.5. The van der Waals surface area contributed by atoms with E-state index in [1.807, 2.05) is 0 Å². The fourth-order valence-corrected chi connectivity index (χ4v) is 2.75. The molecule has 1 aliphatic heterocycles. The third kappa shape index (κ3) is 4.95. The fraction of sp³-hybridized carbons (Fsp3) is 0.158. The Morgan fingerprint density at radius 3 is 2.21 bits per heavy atom. The topological polar surface area (TPSA) is 81.3 Å². The van der Waals surface area contributed by atoms with Crippen LogP contribution in [0.3, 0.4) is 0 Å². The van der Waals surface area contributed by atoms with Crippen LogP contribution in [-0.4, -0.2) is 11.8 Å². The van der Waals surface area contributed by atoms with Crippen molar-refractivity contribution in [3.63, 3.8) is 0 Å². The van der Waals surface area contributed by atoms with Gasteiger partial charge in [-0.15, -0.1) is 5.76 Å². The van der Waals surface area contributed by atoms with E-state index in [0.717, 1.165) is 29.8 Å². The molecule has 0 aliphatic carbocycles. The van der Waals surface area contributed by atoms with E-state index in [1.165, 1.54) is 0 Å². The Labute approximate surface area is 180 Å². The van der Waals surface area contributed by atoms with Crippen LogP contribution in [0.1, 0.15) is 23.6 Å². The zero-order valence-electron chi connectivity index (χ0n) is 14.8. The van der Waals surface area contributed by atoms with Crippen LogP contribution in [0.15, 0.2) is 65.9 Å². The quantitative estimate of drug-likeness (QED) is 0.542. The second-order valence-corrected chi connectivity index (χ2v) is 5.97. The van der Waals surface area contributed by atoms with Gasteiger partial charge in [-0.25, -0.2) is 0 Å². The molecule has 0 saturated heterocycles. The Kier molecular flexibility index (Phi) is 6.92. The summed E-state index contributed by atoms with van der Waals surface area (Å²) in [7, 11) is 0. The normalized spacial score (nSPS) is 16.8. The van der Waals surface area contributed by atoms with Gasteiger partial charge in [0.15, 0.2) is 0 Å². The number of benzene rings is 2. The van der Waals surface area contributed by atoms with Gasteiger partial charge in [0.25, 0.3) is 11.8 Å². The minimum Gasteiger partial charge on any atom is -0.875 e. The summed E-state index contributed by atoms with van der Waals surface area (Å²) in [6.45, 7) is 0. The summed E-state index contributed by atoms with van der Waals surface area (Å²) in [5.74, 6) is -2.40. The van der Waals surface area contributed by atoms with Crippen LogP contribution in [-0.2, 0) is 15.8 Å². The molecule has 2 amide bonds. The molecule has 0 fully saturated rings. The van der Waals surface area contributed by atoms with E-state index < -0.39 is 40.9 Å². The molecule has 0 radical (unpaired) electrons. The molecule has 3 rings (SSSR count). The molecule has 5 nitrogen and oxygen atoms in total. The predicted octanol–water partition coefficient (Wildman–Crippen LogP) is -0.477. The zero-order chi connectivity index (χ0) is 19.6. The van der Waals surface area contributed by atoms with Crippen molar-refractivity contribution in [2.75, 3.05) is 5.32 Å². The molecular formula is C19H14F3N2NaO3. The monoisotopic (exact) mass is 398 g/mol. The van der Waals surface area contributed by atoms with E-state index in [0.29, 0.717) is 0 Å². The Morgan fingerprint density at radius 1 is 1.07 bits per heavy atom. The van der Waals surface area contributed by atoms with Crippen LogP contribution in [0, 0.1) is 0 Å². The third-order valence-corrected chi connectivity index (χ3v) is 4.10. The van der Waals surface area contributed by atoms with E-state index in [1.54, 1.807) is 30.3 Å². The van der Waals surface area contributed by atoms with Crippen LogP contribution in [0.25, 0.3) is 0 Å². The van der Waals surface area contributed by atoms with Crippen molar-refractivity contribution in [3.05, 3.63) is 77.1 Å². The first-order valence-corrected chi connectivity index (χ1v) is 8.00. The average molecular weight is 398 g/mol. The van der Waals surface area contributed by atoms with Gasteiger partial charge in [-0.1, -0.05) is 30.3 Å². The SMILES string of the molecule is O=C(Nc1ccc(C(F)(F)F)cc1)C1=C([O-])CC(c2ccccc2)NC1=O.[Na+]. The Bertz CT molecular complexity index is 897. The minimum atomic E-state index is -4.50. The molecule has 2 aromatic rings. The van der Waals surface area contributed by atoms with Gasteiger partial charge in [-0.3, -0.25) is 9.59 Å². The molecule has 0 bridgehead atoms. The van der Waals surface area contributed by atoms with Crippen LogP contribution < -0.4 is 45.3 Å². The van der Waals surface area contributed by atoms with Crippen LogP contribution in [0.2, 0.25) is 0 Å². The van der Waals surface area contributed by atoms with Crippen molar-refractivity contribution < 1.29 is 57.4 Å². The predicted molar refractivity (Wildman–Crippen MR) is 89.0 cm³/mol. The molecule has 0 aromatic heterocycles. The van der Waals surface area contributed by atoms with Crippen molar-refractivity contribution in [2.24, 2.45) is 0 Å². The van der Waals surface area contributed by atoms with Crippen LogP contribution in [0.4, 0.5) is 18.9 Å². The third-order valence-electron chi connectivity index (χ3n) is 4.10. The summed E-state index contributed by atoms with van der Waals surface area (Å²) in [5, 5.41) is 17.2. The first-order valence-electron chi connectivity index (χ1n) is 8.00. The van der Waals surface area contributed by atoms with Crippen LogP contribution in [0.5, 0.6) is 0 Å². The Morgan fingerprint density at radius 2 is 1.68 bits per heavy atom.